The highest BCUT2D eigenvalue weighted by Gasteiger charge is 2.44. The lowest BCUT2D eigenvalue weighted by atomic mass is 10.1. The number of sulfonamides is 1. The molecule has 4 aliphatic rings. The zero-order valence-electron chi connectivity index (χ0n) is 28.5. The summed E-state index contributed by atoms with van der Waals surface area (Å²) in [6, 6.07) is 4.06. The smallest absolute Gasteiger partial charge is 0.326 e. The van der Waals surface area contributed by atoms with Crippen LogP contribution in [-0.4, -0.2) is 136 Å². The molecular weight excluding hydrogens is 672 g/mol. The molecule has 0 bridgehead atoms. The summed E-state index contributed by atoms with van der Waals surface area (Å²) in [5.41, 5.74) is 6.20. The Morgan fingerprint density at radius 3 is 1.52 bits per heavy atom. The topological polar surface area (TPSA) is 228 Å². The van der Waals surface area contributed by atoms with Crippen molar-refractivity contribution in [1.82, 2.24) is 24.3 Å². The van der Waals surface area contributed by atoms with E-state index in [9.17, 15) is 42.3 Å². The SMILES string of the molecule is CC(N)C(=O)N1CCC[C@H]1C(=O)N1CCC[C@H]1C(=O)O.C[C@H](NS(=O)(=O)Cc1ccccc1)C(=O)N1CCC[C@H]1C(=O)N1CCC[C@H]1C(=O)O. The Labute approximate surface area is 292 Å². The average Bonchev–Trinajstić information content (AvgIpc) is 3.90. The quantitative estimate of drug-likeness (QED) is 0.251. The van der Waals surface area contributed by atoms with E-state index in [-0.39, 0.29) is 23.5 Å². The molecule has 6 atom stereocenters. The van der Waals surface area contributed by atoms with Crippen LogP contribution in [-0.2, 0) is 44.5 Å². The van der Waals surface area contributed by atoms with Crippen LogP contribution in [0.5, 0.6) is 0 Å². The first-order chi connectivity index (χ1) is 23.6. The van der Waals surface area contributed by atoms with E-state index >= 15 is 0 Å². The van der Waals surface area contributed by atoms with Gasteiger partial charge in [-0.3, -0.25) is 19.2 Å². The maximum absolute atomic E-state index is 13.0. The van der Waals surface area contributed by atoms with Gasteiger partial charge < -0.3 is 35.5 Å². The molecule has 1 unspecified atom stereocenters. The minimum absolute atomic E-state index is 0.244. The molecule has 50 heavy (non-hydrogen) atoms. The number of benzene rings is 1. The third kappa shape index (κ3) is 9.17. The second kappa shape index (κ2) is 16.7. The van der Waals surface area contributed by atoms with Gasteiger partial charge in [0.1, 0.15) is 24.2 Å². The monoisotopic (exact) mass is 720 g/mol. The van der Waals surface area contributed by atoms with Gasteiger partial charge in [0.25, 0.3) is 0 Å². The molecule has 4 saturated heterocycles. The second-order valence-corrected chi connectivity index (χ2v) is 15.1. The Balaban J connectivity index is 0.000000244. The van der Waals surface area contributed by atoms with E-state index in [1.54, 1.807) is 37.3 Å². The van der Waals surface area contributed by atoms with Gasteiger partial charge in [-0.15, -0.1) is 0 Å². The van der Waals surface area contributed by atoms with Crippen LogP contribution in [0.2, 0.25) is 0 Å². The molecule has 16 nitrogen and oxygen atoms in total. The van der Waals surface area contributed by atoms with E-state index < -0.39 is 64.1 Å². The van der Waals surface area contributed by atoms with E-state index in [0.29, 0.717) is 76.7 Å². The second-order valence-electron chi connectivity index (χ2n) is 13.3. The summed E-state index contributed by atoms with van der Waals surface area (Å²) in [7, 11) is -3.75. The van der Waals surface area contributed by atoms with Crippen molar-refractivity contribution in [2.24, 2.45) is 5.73 Å². The molecule has 4 heterocycles. The lowest BCUT2D eigenvalue weighted by Gasteiger charge is -2.31. The standard InChI is InChI=1S/C20H27N3O6S.C13H21N3O4/c1-14(21-30(28,29)13-15-7-3-2-4-8-15)18(24)22-11-5-9-16(22)19(25)23-12-6-10-17(23)20(26)27;1-8(14)11(17)15-6-2-4-9(15)12(18)16-7-3-5-10(16)13(19)20/h2-4,7-8,14,16-17,21H,5-6,9-13H2,1H3,(H,26,27);8-10H,2-7,14H2,1H3,(H,19,20)/t14-,16-,17-;8?,9-,10-/m00/s1. The number of carbonyl (C=O) groups is 6. The van der Waals surface area contributed by atoms with E-state index in [1.165, 1.54) is 26.5 Å². The predicted octanol–water partition coefficient (Wildman–Crippen LogP) is -0.0387. The Morgan fingerprint density at radius 1 is 0.700 bits per heavy atom. The number of carboxylic acid groups (broad SMARTS) is 2. The van der Waals surface area contributed by atoms with Crippen molar-refractivity contribution in [1.29, 1.82) is 0 Å². The van der Waals surface area contributed by atoms with E-state index in [4.69, 9.17) is 10.8 Å². The molecule has 4 aliphatic heterocycles. The molecule has 17 heteroatoms. The molecule has 0 radical (unpaired) electrons. The van der Waals surface area contributed by atoms with Crippen molar-refractivity contribution in [2.75, 3.05) is 26.2 Å². The molecule has 1 aromatic carbocycles. The van der Waals surface area contributed by atoms with Crippen LogP contribution in [0.15, 0.2) is 30.3 Å². The highest BCUT2D eigenvalue weighted by molar-refractivity contribution is 7.88. The normalized spacial score (nSPS) is 24.8. The molecule has 0 aromatic heterocycles. The Hall–Kier alpha value is -4.09. The zero-order valence-corrected chi connectivity index (χ0v) is 29.3. The summed E-state index contributed by atoms with van der Waals surface area (Å²) in [5.74, 6) is -3.60. The first-order valence-corrected chi connectivity index (χ1v) is 18.7. The van der Waals surface area contributed by atoms with E-state index in [0.717, 1.165) is 6.42 Å². The van der Waals surface area contributed by atoms with Crippen LogP contribution in [0.1, 0.15) is 70.8 Å². The first kappa shape index (κ1) is 38.7. The van der Waals surface area contributed by atoms with Crippen LogP contribution in [0, 0.1) is 0 Å². The molecule has 5 N–H and O–H groups in total. The van der Waals surface area contributed by atoms with Crippen molar-refractivity contribution in [3.8, 4) is 0 Å². The van der Waals surface area contributed by atoms with Crippen LogP contribution < -0.4 is 10.5 Å². The van der Waals surface area contributed by atoms with E-state index in [2.05, 4.69) is 4.72 Å². The molecule has 0 spiro atoms. The van der Waals surface area contributed by atoms with Gasteiger partial charge in [0.15, 0.2) is 0 Å². The van der Waals surface area contributed by atoms with Gasteiger partial charge in [-0.1, -0.05) is 30.3 Å². The maximum Gasteiger partial charge on any atom is 0.326 e. The molecule has 1 aromatic rings. The number of nitrogens with zero attached hydrogens (tertiary/aromatic N) is 4. The van der Waals surface area contributed by atoms with Gasteiger partial charge in [-0.25, -0.2) is 22.7 Å². The number of nitrogens with one attached hydrogen (secondary N) is 1. The Bertz CT molecular complexity index is 1540. The number of aliphatic carboxylic acids is 2. The summed E-state index contributed by atoms with van der Waals surface area (Å²) < 4.78 is 27.3. The third-order valence-electron chi connectivity index (χ3n) is 9.60. The van der Waals surface area contributed by atoms with Gasteiger partial charge in [-0.2, -0.15) is 0 Å². The number of likely N-dealkylation sites (tertiary alicyclic amines) is 4. The van der Waals surface area contributed by atoms with Crippen molar-refractivity contribution in [3.05, 3.63) is 35.9 Å². The van der Waals surface area contributed by atoms with Crippen LogP contribution >= 0.6 is 0 Å². The number of hydrogen-bond donors (Lipinski definition) is 4. The summed E-state index contributed by atoms with van der Waals surface area (Å²) >= 11 is 0. The molecule has 4 fully saturated rings. The molecule has 0 aliphatic carbocycles. The van der Waals surface area contributed by atoms with Crippen LogP contribution in [0.3, 0.4) is 0 Å². The molecule has 0 saturated carbocycles. The number of carbonyl (C=O) groups excluding carboxylic acids is 4. The fourth-order valence-corrected chi connectivity index (χ4v) is 8.55. The summed E-state index contributed by atoms with van der Waals surface area (Å²) in [6.45, 7) is 4.72. The number of nitrogens with two attached hydrogens (primary N) is 1. The minimum atomic E-state index is -3.75. The molecule has 5 rings (SSSR count). The first-order valence-electron chi connectivity index (χ1n) is 17.1. The van der Waals surface area contributed by atoms with Gasteiger partial charge in [-0.05, 0) is 70.8 Å². The lowest BCUT2D eigenvalue weighted by molar-refractivity contribution is -0.152. The fourth-order valence-electron chi connectivity index (χ4n) is 7.20. The minimum Gasteiger partial charge on any atom is -0.480 e. The highest BCUT2D eigenvalue weighted by atomic mass is 32.2. The van der Waals surface area contributed by atoms with Crippen LogP contribution in [0.4, 0.5) is 0 Å². The van der Waals surface area contributed by atoms with Crippen molar-refractivity contribution in [2.45, 2.75) is 107 Å². The van der Waals surface area contributed by atoms with Gasteiger partial charge in [0.05, 0.1) is 17.8 Å². The highest BCUT2D eigenvalue weighted by Crippen LogP contribution is 2.27. The van der Waals surface area contributed by atoms with Crippen LogP contribution in [0.25, 0.3) is 0 Å². The largest absolute Gasteiger partial charge is 0.480 e. The maximum atomic E-state index is 13.0. The zero-order chi connectivity index (χ0) is 36.7. The summed E-state index contributed by atoms with van der Waals surface area (Å²) in [5, 5.41) is 18.5. The van der Waals surface area contributed by atoms with Crippen molar-refractivity contribution < 1.29 is 47.4 Å². The van der Waals surface area contributed by atoms with Crippen molar-refractivity contribution >= 4 is 45.6 Å². The molecule has 4 amide bonds. The summed E-state index contributed by atoms with van der Waals surface area (Å²) in [4.78, 5) is 78.6. The van der Waals surface area contributed by atoms with Gasteiger partial charge in [0, 0.05) is 26.2 Å². The van der Waals surface area contributed by atoms with Gasteiger partial charge in [0.2, 0.25) is 33.7 Å². The number of rotatable bonds is 10. The lowest BCUT2D eigenvalue weighted by Crippen LogP contribution is -2.54. The van der Waals surface area contributed by atoms with Crippen molar-refractivity contribution in [3.63, 3.8) is 0 Å². The molecular formula is C33H48N6O10S. The van der Waals surface area contributed by atoms with Gasteiger partial charge >= 0.3 is 11.9 Å². The number of amides is 4. The number of hydrogen-bond acceptors (Lipinski definition) is 9. The molecule has 276 valence electrons. The average molecular weight is 721 g/mol. The fraction of sp³-hybridized carbons (Fsp3) is 0.636. The Morgan fingerprint density at radius 2 is 1.10 bits per heavy atom. The predicted molar refractivity (Wildman–Crippen MR) is 180 cm³/mol. The summed E-state index contributed by atoms with van der Waals surface area (Å²) in [6.07, 6.45) is 4.57. The van der Waals surface area contributed by atoms with E-state index in [1.807, 2.05) is 0 Å². The Kier molecular flexibility index (Phi) is 13.0. The third-order valence-corrected chi connectivity index (χ3v) is 11.0. The number of carboxylic acids is 2.